The molecule has 33 heavy (non-hydrogen) atoms. The van der Waals surface area contributed by atoms with Crippen LogP contribution in [0.3, 0.4) is 0 Å². The fraction of sp³-hybridized carbons (Fsp3) is 0.0417. The Morgan fingerprint density at radius 1 is 1.15 bits per heavy atom. The molecule has 164 valence electrons. The van der Waals surface area contributed by atoms with Crippen molar-refractivity contribution in [2.45, 2.75) is 6.04 Å². The number of ketones is 1. The molecule has 0 fully saturated rings. The molecule has 2 aromatic carbocycles. The quantitative estimate of drug-likeness (QED) is 0.321. The number of carbonyl (C=O) groups excluding carboxylic acids is 2. The van der Waals surface area contributed by atoms with Crippen molar-refractivity contribution in [1.82, 2.24) is 4.98 Å². The first-order chi connectivity index (χ1) is 15.8. The molecule has 1 aliphatic heterocycles. The summed E-state index contributed by atoms with van der Waals surface area (Å²) < 4.78 is 20.3. The third kappa shape index (κ3) is 3.61. The topological polar surface area (TPSA) is 83.6 Å². The molecule has 0 saturated carbocycles. The summed E-state index contributed by atoms with van der Waals surface area (Å²) in [7, 11) is 0. The monoisotopic (exact) mass is 526 g/mol. The van der Waals surface area contributed by atoms with Gasteiger partial charge in [0, 0.05) is 21.7 Å². The smallest absolute Gasteiger partial charge is 0.294 e. The lowest BCUT2D eigenvalue weighted by Crippen LogP contribution is -2.31. The lowest BCUT2D eigenvalue weighted by Gasteiger charge is -2.26. The highest BCUT2D eigenvalue weighted by molar-refractivity contribution is 9.10. The zero-order chi connectivity index (χ0) is 23.3. The summed E-state index contributed by atoms with van der Waals surface area (Å²) in [5, 5.41) is 11.2. The number of benzene rings is 2. The van der Waals surface area contributed by atoms with Crippen LogP contribution in [0.4, 0.5) is 10.1 Å². The number of nitrogens with zero attached hydrogens (tertiary/aromatic N) is 2. The fourth-order valence-electron chi connectivity index (χ4n) is 3.81. The lowest BCUT2D eigenvalue weighted by atomic mass is 9.98. The normalized spacial score (nSPS) is 16.2. The van der Waals surface area contributed by atoms with E-state index in [1.165, 1.54) is 18.3 Å². The Balaban J connectivity index is 1.66. The Morgan fingerprint density at radius 2 is 1.97 bits per heavy atom. The Bertz CT molecular complexity index is 1470. The van der Waals surface area contributed by atoms with Crippen molar-refractivity contribution in [3.8, 4) is 0 Å². The Morgan fingerprint density at radius 3 is 2.70 bits per heavy atom. The van der Waals surface area contributed by atoms with Gasteiger partial charge in [-0.3, -0.25) is 19.5 Å². The summed E-state index contributed by atoms with van der Waals surface area (Å²) in [5.41, 5.74) is 0.808. The predicted molar refractivity (Wildman–Crippen MR) is 124 cm³/mol. The standard InChI is InChI=1S/C24H13BrClFN2O4/c25-13-4-7-18-12(9-13)10-19(33-18)22(30)20-21(17-3-1-2-8-28-17)29(24(32)23(20)31)14-5-6-16(27)15(26)11-14/h1-11,21,31H. The number of pyridine rings is 1. The minimum Gasteiger partial charge on any atom is -0.503 e. The van der Waals surface area contributed by atoms with E-state index in [-0.39, 0.29) is 22.0 Å². The average Bonchev–Trinajstić information content (AvgIpc) is 3.34. The highest BCUT2D eigenvalue weighted by Crippen LogP contribution is 2.42. The first kappa shape index (κ1) is 21.4. The van der Waals surface area contributed by atoms with Gasteiger partial charge in [0.05, 0.1) is 16.3 Å². The third-order valence-electron chi connectivity index (χ3n) is 5.30. The second-order valence-electron chi connectivity index (χ2n) is 7.31. The summed E-state index contributed by atoms with van der Waals surface area (Å²) in [5.74, 6) is -2.95. The summed E-state index contributed by atoms with van der Waals surface area (Å²) in [6, 6.07) is 14.4. The van der Waals surface area contributed by atoms with Gasteiger partial charge in [0.15, 0.2) is 11.5 Å². The minimum atomic E-state index is -1.08. The number of aromatic nitrogens is 1. The van der Waals surface area contributed by atoms with Gasteiger partial charge in [-0.15, -0.1) is 0 Å². The molecule has 1 unspecified atom stereocenters. The maximum Gasteiger partial charge on any atom is 0.294 e. The van der Waals surface area contributed by atoms with Crippen molar-refractivity contribution in [3.63, 3.8) is 0 Å². The van der Waals surface area contributed by atoms with E-state index in [1.807, 2.05) is 0 Å². The summed E-state index contributed by atoms with van der Waals surface area (Å²) >= 11 is 9.31. The van der Waals surface area contributed by atoms with E-state index < -0.39 is 29.3 Å². The zero-order valence-corrected chi connectivity index (χ0v) is 19.0. The van der Waals surface area contributed by atoms with Crippen LogP contribution in [0.5, 0.6) is 0 Å². The Kier molecular flexibility index (Phi) is 5.26. The number of aliphatic hydroxyl groups is 1. The number of carbonyl (C=O) groups is 2. The SMILES string of the molecule is O=C(C1=C(O)C(=O)N(c2ccc(F)c(Cl)c2)C1c1ccccn1)c1cc2cc(Br)ccc2o1. The molecular formula is C24H13BrClFN2O4. The molecule has 3 heterocycles. The molecule has 0 spiro atoms. The highest BCUT2D eigenvalue weighted by Gasteiger charge is 2.46. The molecule has 0 radical (unpaired) electrons. The lowest BCUT2D eigenvalue weighted by molar-refractivity contribution is -0.117. The van der Waals surface area contributed by atoms with Gasteiger partial charge in [-0.25, -0.2) is 4.39 Å². The number of anilines is 1. The molecule has 1 N–H and O–H groups in total. The molecule has 2 aromatic heterocycles. The van der Waals surface area contributed by atoms with Gasteiger partial charge in [0.1, 0.15) is 17.4 Å². The van der Waals surface area contributed by atoms with Gasteiger partial charge in [0.25, 0.3) is 5.91 Å². The average molecular weight is 528 g/mol. The third-order valence-corrected chi connectivity index (χ3v) is 6.09. The number of furan rings is 1. The van der Waals surface area contributed by atoms with E-state index in [9.17, 15) is 19.1 Å². The van der Waals surface area contributed by atoms with E-state index in [1.54, 1.807) is 42.5 Å². The van der Waals surface area contributed by atoms with Crippen molar-refractivity contribution < 1.29 is 23.5 Å². The van der Waals surface area contributed by atoms with Gasteiger partial charge in [-0.1, -0.05) is 33.6 Å². The molecule has 5 rings (SSSR count). The van der Waals surface area contributed by atoms with Crippen LogP contribution in [0.2, 0.25) is 5.02 Å². The second kappa shape index (κ2) is 8.13. The maximum absolute atomic E-state index is 13.8. The van der Waals surface area contributed by atoms with Crippen LogP contribution in [0, 0.1) is 5.82 Å². The molecule has 4 aromatic rings. The first-order valence-electron chi connectivity index (χ1n) is 9.71. The summed E-state index contributed by atoms with van der Waals surface area (Å²) in [4.78, 5) is 32.1. The highest BCUT2D eigenvalue weighted by atomic mass is 79.9. The van der Waals surface area contributed by atoms with Gasteiger partial charge in [0.2, 0.25) is 5.78 Å². The molecule has 0 saturated heterocycles. The minimum absolute atomic E-state index is 0.0441. The molecule has 1 amide bonds. The molecule has 0 aliphatic carbocycles. The van der Waals surface area contributed by atoms with Gasteiger partial charge in [-0.05, 0) is 54.6 Å². The number of hydrogen-bond acceptors (Lipinski definition) is 5. The number of Topliss-reactive ketones (excluding diaryl/α,β-unsaturated/α-hetero) is 1. The van der Waals surface area contributed by atoms with Crippen LogP contribution in [0.25, 0.3) is 11.0 Å². The summed E-state index contributed by atoms with van der Waals surface area (Å²) in [6.45, 7) is 0. The van der Waals surface area contributed by atoms with Gasteiger partial charge >= 0.3 is 0 Å². The molecule has 6 nitrogen and oxygen atoms in total. The van der Waals surface area contributed by atoms with Crippen LogP contribution in [-0.2, 0) is 4.79 Å². The van der Waals surface area contributed by atoms with E-state index in [2.05, 4.69) is 20.9 Å². The van der Waals surface area contributed by atoms with Crippen LogP contribution in [-0.4, -0.2) is 21.8 Å². The number of fused-ring (bicyclic) bond motifs is 1. The maximum atomic E-state index is 13.8. The molecule has 1 atom stereocenters. The van der Waals surface area contributed by atoms with Crippen molar-refractivity contribution >= 4 is 55.9 Å². The van der Waals surface area contributed by atoms with Crippen molar-refractivity contribution in [3.05, 3.63) is 105 Å². The second-order valence-corrected chi connectivity index (χ2v) is 8.64. The largest absolute Gasteiger partial charge is 0.503 e. The molecule has 0 bridgehead atoms. The molecule has 1 aliphatic rings. The van der Waals surface area contributed by atoms with Crippen molar-refractivity contribution in [2.75, 3.05) is 4.90 Å². The molecule has 9 heteroatoms. The van der Waals surface area contributed by atoms with E-state index in [4.69, 9.17) is 16.0 Å². The zero-order valence-electron chi connectivity index (χ0n) is 16.6. The van der Waals surface area contributed by atoms with E-state index >= 15 is 0 Å². The number of rotatable bonds is 4. The number of halogens is 3. The number of aliphatic hydroxyl groups excluding tert-OH is 1. The number of amides is 1. The Hall–Kier alpha value is -3.49. The van der Waals surface area contributed by atoms with Crippen LogP contribution < -0.4 is 4.90 Å². The summed E-state index contributed by atoms with van der Waals surface area (Å²) in [6.07, 6.45) is 1.51. The molecular weight excluding hydrogens is 515 g/mol. The van der Waals surface area contributed by atoms with Gasteiger partial charge < -0.3 is 9.52 Å². The van der Waals surface area contributed by atoms with Crippen molar-refractivity contribution in [1.29, 1.82) is 0 Å². The van der Waals surface area contributed by atoms with Crippen molar-refractivity contribution in [2.24, 2.45) is 0 Å². The van der Waals surface area contributed by atoms with E-state index in [0.717, 1.165) is 15.4 Å². The first-order valence-corrected chi connectivity index (χ1v) is 10.9. The van der Waals surface area contributed by atoms with Gasteiger partial charge in [-0.2, -0.15) is 0 Å². The van der Waals surface area contributed by atoms with Crippen LogP contribution >= 0.6 is 27.5 Å². The fourth-order valence-corrected chi connectivity index (χ4v) is 4.37. The van der Waals surface area contributed by atoms with E-state index in [0.29, 0.717) is 16.7 Å². The van der Waals surface area contributed by atoms with Crippen LogP contribution in [0.15, 0.2) is 87.1 Å². The Labute approximate surface area is 200 Å². The predicted octanol–water partition coefficient (Wildman–Crippen LogP) is 6.17. The number of hydrogen-bond donors (Lipinski definition) is 1. The van der Waals surface area contributed by atoms with Crippen LogP contribution in [0.1, 0.15) is 22.3 Å².